The fourth-order valence-corrected chi connectivity index (χ4v) is 2.71. The molecule has 90 valence electrons. The third-order valence-electron chi connectivity index (χ3n) is 4.13. The first-order valence-corrected chi connectivity index (χ1v) is 6.49. The molecule has 2 fully saturated rings. The maximum atomic E-state index is 5.75. The van der Waals surface area contributed by atoms with Gasteiger partial charge in [0.05, 0.1) is 11.7 Å². The molecule has 0 amide bonds. The number of ether oxygens (including phenoxy) is 1. The normalized spacial score (nSPS) is 37.9. The lowest BCUT2D eigenvalue weighted by atomic mass is 9.79. The highest BCUT2D eigenvalue weighted by Crippen LogP contribution is 2.50. The Labute approximate surface area is 99.6 Å². The van der Waals surface area contributed by atoms with E-state index in [1.807, 2.05) is 0 Å². The second-order valence-electron chi connectivity index (χ2n) is 5.86. The van der Waals surface area contributed by atoms with E-state index in [9.17, 15) is 0 Å². The molecule has 0 radical (unpaired) electrons. The van der Waals surface area contributed by atoms with Crippen molar-refractivity contribution in [1.29, 1.82) is 0 Å². The van der Waals surface area contributed by atoms with Gasteiger partial charge in [0.15, 0.2) is 0 Å². The van der Waals surface area contributed by atoms with Crippen molar-refractivity contribution in [2.75, 3.05) is 0 Å². The molecule has 0 bridgehead atoms. The molecule has 1 heteroatoms. The van der Waals surface area contributed by atoms with Crippen LogP contribution in [0.3, 0.4) is 0 Å². The number of fused-ring (bicyclic) bond motifs is 1. The van der Waals surface area contributed by atoms with Crippen LogP contribution in [-0.2, 0) is 4.74 Å². The molecule has 1 saturated heterocycles. The Bertz CT molecular complexity index is 322. The average molecular weight is 220 g/mol. The number of rotatable bonds is 3. The van der Waals surface area contributed by atoms with Gasteiger partial charge in [0.25, 0.3) is 0 Å². The first kappa shape index (κ1) is 11.9. The van der Waals surface area contributed by atoms with Gasteiger partial charge in [-0.1, -0.05) is 23.3 Å². The lowest BCUT2D eigenvalue weighted by Crippen LogP contribution is -2.21. The van der Waals surface area contributed by atoms with Gasteiger partial charge < -0.3 is 4.74 Å². The second kappa shape index (κ2) is 4.37. The highest BCUT2D eigenvalue weighted by atomic mass is 16.6. The highest BCUT2D eigenvalue weighted by Gasteiger charge is 2.55. The zero-order valence-corrected chi connectivity index (χ0v) is 11.0. The maximum absolute atomic E-state index is 5.75. The van der Waals surface area contributed by atoms with Gasteiger partial charge in [0, 0.05) is 0 Å². The molecule has 2 rings (SSSR count). The van der Waals surface area contributed by atoms with E-state index in [2.05, 4.69) is 39.8 Å². The van der Waals surface area contributed by atoms with Gasteiger partial charge in [-0.2, -0.15) is 0 Å². The molecule has 16 heavy (non-hydrogen) atoms. The zero-order valence-electron chi connectivity index (χ0n) is 11.0. The van der Waals surface area contributed by atoms with Crippen molar-refractivity contribution >= 4 is 0 Å². The number of hydrogen-bond donors (Lipinski definition) is 0. The van der Waals surface area contributed by atoms with E-state index >= 15 is 0 Å². The topological polar surface area (TPSA) is 12.5 Å². The Kier molecular flexibility index (Phi) is 3.25. The van der Waals surface area contributed by atoms with Crippen molar-refractivity contribution in [3.63, 3.8) is 0 Å². The molecule has 1 saturated carbocycles. The Balaban J connectivity index is 1.86. The number of hydrogen-bond acceptors (Lipinski definition) is 1. The van der Waals surface area contributed by atoms with E-state index < -0.39 is 0 Å². The molecule has 1 heterocycles. The summed E-state index contributed by atoms with van der Waals surface area (Å²) in [4.78, 5) is 0. The Morgan fingerprint density at radius 1 is 1.31 bits per heavy atom. The Hall–Kier alpha value is -0.560. The van der Waals surface area contributed by atoms with Crippen molar-refractivity contribution in [2.24, 2.45) is 5.92 Å². The fourth-order valence-electron chi connectivity index (χ4n) is 2.71. The predicted molar refractivity (Wildman–Crippen MR) is 68.4 cm³/mol. The van der Waals surface area contributed by atoms with E-state index in [4.69, 9.17) is 4.74 Å². The molecule has 0 aromatic heterocycles. The van der Waals surface area contributed by atoms with Crippen LogP contribution in [0.4, 0.5) is 0 Å². The summed E-state index contributed by atoms with van der Waals surface area (Å²) in [5.74, 6) is 0.770. The lowest BCUT2D eigenvalue weighted by molar-refractivity contribution is 0.303. The smallest absolute Gasteiger partial charge is 0.0920 e. The SMILES string of the molecule is CC(C)=CCC=C(C)C1CCC2(C)OC2C1. The van der Waals surface area contributed by atoms with Gasteiger partial charge in [0.2, 0.25) is 0 Å². The van der Waals surface area contributed by atoms with Crippen LogP contribution < -0.4 is 0 Å². The minimum atomic E-state index is 0.261. The van der Waals surface area contributed by atoms with Crippen LogP contribution in [0.15, 0.2) is 23.3 Å². The molecule has 0 aromatic carbocycles. The van der Waals surface area contributed by atoms with E-state index in [0.717, 1.165) is 12.3 Å². The summed E-state index contributed by atoms with van der Waals surface area (Å²) in [6.07, 6.45) is 10.1. The summed E-state index contributed by atoms with van der Waals surface area (Å²) in [5, 5.41) is 0. The van der Waals surface area contributed by atoms with E-state index in [-0.39, 0.29) is 5.60 Å². The van der Waals surface area contributed by atoms with Crippen molar-refractivity contribution < 1.29 is 4.74 Å². The van der Waals surface area contributed by atoms with Gasteiger partial charge in [-0.05, 0) is 59.3 Å². The molecule has 0 N–H and O–H groups in total. The standard InChI is InChI=1S/C15H24O/c1-11(2)6-5-7-12(3)13-8-9-15(4)14(10-13)16-15/h6-7,13-14H,5,8-10H2,1-4H3. The number of allylic oxidation sites excluding steroid dienone is 4. The average Bonchev–Trinajstić information content (AvgIpc) is 2.87. The fraction of sp³-hybridized carbons (Fsp3) is 0.733. The quantitative estimate of drug-likeness (QED) is 0.512. The first-order valence-electron chi connectivity index (χ1n) is 6.49. The second-order valence-corrected chi connectivity index (χ2v) is 5.86. The van der Waals surface area contributed by atoms with Crippen LogP contribution in [0.25, 0.3) is 0 Å². The molecule has 0 aromatic rings. The molecule has 1 aliphatic carbocycles. The molecule has 3 unspecified atom stereocenters. The zero-order chi connectivity index (χ0) is 11.8. The highest BCUT2D eigenvalue weighted by molar-refractivity contribution is 5.14. The van der Waals surface area contributed by atoms with E-state index in [0.29, 0.717) is 6.10 Å². The monoisotopic (exact) mass is 220 g/mol. The van der Waals surface area contributed by atoms with Crippen LogP contribution in [0.2, 0.25) is 0 Å². The van der Waals surface area contributed by atoms with Gasteiger partial charge in [-0.15, -0.1) is 0 Å². The minimum absolute atomic E-state index is 0.261. The van der Waals surface area contributed by atoms with Gasteiger partial charge in [-0.3, -0.25) is 0 Å². The summed E-state index contributed by atoms with van der Waals surface area (Å²) in [6, 6.07) is 0. The largest absolute Gasteiger partial charge is 0.366 e. The lowest BCUT2D eigenvalue weighted by Gasteiger charge is -2.23. The molecular formula is C15H24O. The summed E-state index contributed by atoms with van der Waals surface area (Å²) in [5.41, 5.74) is 3.23. The van der Waals surface area contributed by atoms with Gasteiger partial charge in [-0.25, -0.2) is 0 Å². The van der Waals surface area contributed by atoms with Crippen LogP contribution in [0.1, 0.15) is 53.4 Å². The third-order valence-corrected chi connectivity index (χ3v) is 4.13. The molecule has 2 aliphatic rings. The molecule has 3 atom stereocenters. The van der Waals surface area contributed by atoms with E-state index in [1.165, 1.54) is 24.8 Å². The van der Waals surface area contributed by atoms with Crippen LogP contribution >= 0.6 is 0 Å². The summed E-state index contributed by atoms with van der Waals surface area (Å²) < 4.78 is 5.75. The molecule has 0 spiro atoms. The molecular weight excluding hydrogens is 196 g/mol. The van der Waals surface area contributed by atoms with Gasteiger partial charge >= 0.3 is 0 Å². The summed E-state index contributed by atoms with van der Waals surface area (Å²) >= 11 is 0. The maximum Gasteiger partial charge on any atom is 0.0920 e. The van der Waals surface area contributed by atoms with Crippen LogP contribution in [0.5, 0.6) is 0 Å². The van der Waals surface area contributed by atoms with Crippen molar-refractivity contribution in [3.05, 3.63) is 23.3 Å². The summed E-state index contributed by atoms with van der Waals surface area (Å²) in [7, 11) is 0. The van der Waals surface area contributed by atoms with Crippen molar-refractivity contribution in [3.8, 4) is 0 Å². The molecule has 1 aliphatic heterocycles. The molecule has 1 nitrogen and oxygen atoms in total. The van der Waals surface area contributed by atoms with Crippen LogP contribution in [0, 0.1) is 5.92 Å². The minimum Gasteiger partial charge on any atom is -0.366 e. The third kappa shape index (κ3) is 2.57. The summed E-state index contributed by atoms with van der Waals surface area (Å²) in [6.45, 7) is 8.87. The Morgan fingerprint density at radius 3 is 2.69 bits per heavy atom. The van der Waals surface area contributed by atoms with Crippen molar-refractivity contribution in [1.82, 2.24) is 0 Å². The Morgan fingerprint density at radius 2 is 2.06 bits per heavy atom. The van der Waals surface area contributed by atoms with Crippen LogP contribution in [-0.4, -0.2) is 11.7 Å². The predicted octanol–water partition coefficient (Wildman–Crippen LogP) is 4.25. The van der Waals surface area contributed by atoms with Crippen molar-refractivity contribution in [2.45, 2.75) is 65.1 Å². The first-order chi connectivity index (χ1) is 7.51. The van der Waals surface area contributed by atoms with E-state index in [1.54, 1.807) is 5.57 Å². The van der Waals surface area contributed by atoms with Gasteiger partial charge in [0.1, 0.15) is 0 Å². The number of epoxide rings is 1.